The Morgan fingerprint density at radius 2 is 1.40 bits per heavy atom. The number of pyridine rings is 1. The predicted molar refractivity (Wildman–Crippen MR) is 191 cm³/mol. The molecule has 0 saturated heterocycles. The molecule has 6 heteroatoms. The number of aryl methyl sites for hydroxylation is 2. The first kappa shape index (κ1) is 31.2. The van der Waals surface area contributed by atoms with Crippen molar-refractivity contribution in [2.75, 3.05) is 0 Å². The molecule has 234 valence electrons. The van der Waals surface area contributed by atoms with Gasteiger partial charge in [0.2, 0.25) is 0 Å². The molecule has 0 fully saturated rings. The smallest absolute Gasteiger partial charge is 0.188 e. The molecule has 0 bridgehead atoms. The van der Waals surface area contributed by atoms with Crippen LogP contribution in [-0.2, 0) is 21.1 Å². The van der Waals surface area contributed by atoms with E-state index in [9.17, 15) is 0 Å². The standard InChI is InChI=1S/C41H33N4S.Pt/c1-27(2)43-26-44(38-18-8-7-17-37(38)43)31-13-10-14-32(24-31)46-33-19-20-35-34-15-5-6-16-36(34)45(39(35)25-33)40-23-30(21-22-42-40)41-28(3)11-9-12-29(41)4;/h5-23,26-27H,1-4H3;/q-1;. The quantitative estimate of drug-likeness (QED) is 0.157. The van der Waals surface area contributed by atoms with Gasteiger partial charge in [-0.15, -0.1) is 34.2 Å². The summed E-state index contributed by atoms with van der Waals surface area (Å²) in [5.74, 6) is 0.885. The third kappa shape index (κ3) is 5.52. The Bertz CT molecular complexity index is 2400. The number of nitrogens with zero attached hydrogens (tertiary/aromatic N) is 4. The summed E-state index contributed by atoms with van der Waals surface area (Å²) in [6.07, 6.45) is 4.11. The van der Waals surface area contributed by atoms with Crippen LogP contribution < -0.4 is 0 Å². The monoisotopic (exact) mass is 808 g/mol. The minimum atomic E-state index is 0. The maximum Gasteiger partial charge on any atom is 0.188 e. The topological polar surface area (TPSA) is 27.7 Å². The maximum atomic E-state index is 4.89. The zero-order valence-electron chi connectivity index (χ0n) is 26.6. The van der Waals surface area contributed by atoms with Gasteiger partial charge in [0.15, 0.2) is 17.4 Å². The van der Waals surface area contributed by atoms with E-state index in [-0.39, 0.29) is 21.1 Å². The summed E-state index contributed by atoms with van der Waals surface area (Å²) in [5.41, 5.74) is 10.5. The SMILES string of the molecule is Cc1cccc(C)c1-c1ccnc(-n2c3[c-]c(Sc4[c-]c(-n5[cH+]n(C(C)C)c6ccccc65)ccc4)ccc3c3ccccc32)c1.[Pt]. The van der Waals surface area contributed by atoms with E-state index in [1.54, 1.807) is 11.8 Å². The van der Waals surface area contributed by atoms with Crippen molar-refractivity contribution in [2.45, 2.75) is 43.5 Å². The predicted octanol–water partition coefficient (Wildman–Crippen LogP) is 10.8. The van der Waals surface area contributed by atoms with Gasteiger partial charge >= 0.3 is 0 Å². The minimum absolute atomic E-state index is 0. The molecule has 0 aliphatic carbocycles. The Labute approximate surface area is 294 Å². The van der Waals surface area contributed by atoms with Crippen molar-refractivity contribution in [3.8, 4) is 22.6 Å². The molecule has 0 aliphatic rings. The summed E-state index contributed by atoms with van der Waals surface area (Å²) in [7, 11) is 0. The second kappa shape index (κ2) is 12.6. The summed E-state index contributed by atoms with van der Waals surface area (Å²) in [5, 5.41) is 2.35. The Kier molecular flexibility index (Phi) is 8.38. The van der Waals surface area contributed by atoms with Crippen molar-refractivity contribution in [2.24, 2.45) is 0 Å². The van der Waals surface area contributed by atoms with Gasteiger partial charge in [-0.05, 0) is 85.7 Å². The fraction of sp³-hybridized carbons (Fsp3) is 0.122. The van der Waals surface area contributed by atoms with Crippen molar-refractivity contribution in [1.29, 1.82) is 0 Å². The van der Waals surface area contributed by atoms with E-state index < -0.39 is 0 Å². The number of rotatable bonds is 6. The normalized spacial score (nSPS) is 11.5. The minimum Gasteiger partial charge on any atom is -0.319 e. The largest absolute Gasteiger partial charge is 0.319 e. The molecule has 47 heavy (non-hydrogen) atoms. The molecule has 0 atom stereocenters. The van der Waals surface area contributed by atoms with Crippen LogP contribution in [0.1, 0.15) is 31.0 Å². The van der Waals surface area contributed by atoms with Gasteiger partial charge in [0.05, 0.1) is 6.04 Å². The van der Waals surface area contributed by atoms with Crippen LogP contribution in [0.3, 0.4) is 0 Å². The van der Waals surface area contributed by atoms with Crippen LogP contribution in [-0.4, -0.2) is 18.7 Å². The zero-order valence-corrected chi connectivity index (χ0v) is 29.7. The third-order valence-electron chi connectivity index (χ3n) is 8.75. The number of aromatic nitrogens is 4. The van der Waals surface area contributed by atoms with E-state index in [0.717, 1.165) is 37.7 Å². The van der Waals surface area contributed by atoms with E-state index in [1.165, 1.54) is 38.7 Å². The van der Waals surface area contributed by atoms with E-state index >= 15 is 0 Å². The molecular formula is C41H33N4PtS-. The average molecular weight is 809 g/mol. The molecule has 3 heterocycles. The fourth-order valence-corrected chi connectivity index (χ4v) is 7.45. The molecule has 5 aromatic carbocycles. The number of fused-ring (bicyclic) bond motifs is 4. The van der Waals surface area contributed by atoms with Crippen molar-refractivity contribution in [3.05, 3.63) is 145 Å². The van der Waals surface area contributed by atoms with Gasteiger partial charge in [-0.1, -0.05) is 52.9 Å². The molecule has 0 amide bonds. The van der Waals surface area contributed by atoms with Crippen LogP contribution >= 0.6 is 11.8 Å². The molecule has 0 aliphatic heterocycles. The molecular weight excluding hydrogens is 776 g/mol. The van der Waals surface area contributed by atoms with Crippen molar-refractivity contribution in [1.82, 2.24) is 18.7 Å². The fourth-order valence-electron chi connectivity index (χ4n) is 6.63. The number of hydrogen-bond donors (Lipinski definition) is 0. The second-order valence-corrected chi connectivity index (χ2v) is 13.2. The van der Waals surface area contributed by atoms with Crippen LogP contribution in [0.25, 0.3) is 55.5 Å². The van der Waals surface area contributed by atoms with E-state index in [0.29, 0.717) is 6.04 Å². The summed E-state index contributed by atoms with van der Waals surface area (Å²) in [6.45, 7) is 8.78. The molecule has 4 nitrogen and oxygen atoms in total. The first-order valence-corrected chi connectivity index (χ1v) is 16.5. The van der Waals surface area contributed by atoms with Crippen LogP contribution in [0.5, 0.6) is 0 Å². The molecule has 0 radical (unpaired) electrons. The summed E-state index contributed by atoms with van der Waals surface area (Å²) in [6, 6.07) is 46.4. The molecule has 0 spiro atoms. The summed E-state index contributed by atoms with van der Waals surface area (Å²) >= 11 is 1.68. The van der Waals surface area contributed by atoms with Gasteiger partial charge < -0.3 is 4.57 Å². The molecule has 8 aromatic rings. The van der Waals surface area contributed by atoms with E-state index in [4.69, 9.17) is 4.98 Å². The zero-order chi connectivity index (χ0) is 31.4. The number of imidazole rings is 1. The maximum absolute atomic E-state index is 4.89. The van der Waals surface area contributed by atoms with E-state index in [2.05, 4.69) is 169 Å². The van der Waals surface area contributed by atoms with Crippen LogP contribution in [0.2, 0.25) is 0 Å². The first-order chi connectivity index (χ1) is 22.5. The van der Waals surface area contributed by atoms with Crippen LogP contribution in [0.4, 0.5) is 0 Å². The van der Waals surface area contributed by atoms with Crippen molar-refractivity contribution in [3.63, 3.8) is 0 Å². The van der Waals surface area contributed by atoms with Crippen LogP contribution in [0.15, 0.2) is 132 Å². The number of hydrogen-bond acceptors (Lipinski definition) is 2. The van der Waals surface area contributed by atoms with E-state index in [1.807, 2.05) is 6.20 Å². The average Bonchev–Trinajstić information content (AvgIpc) is 3.61. The molecule has 8 rings (SSSR count). The van der Waals surface area contributed by atoms with Gasteiger partial charge in [-0.2, -0.15) is 24.3 Å². The van der Waals surface area contributed by atoms with Gasteiger partial charge in [-0.25, -0.2) is 14.1 Å². The number of benzene rings is 5. The Balaban J connectivity index is 0.00000351. The molecule has 0 saturated carbocycles. The van der Waals surface area contributed by atoms with Crippen molar-refractivity contribution >= 4 is 44.6 Å². The Morgan fingerprint density at radius 1 is 0.702 bits per heavy atom. The Morgan fingerprint density at radius 3 is 2.19 bits per heavy atom. The van der Waals surface area contributed by atoms with Crippen molar-refractivity contribution < 1.29 is 21.1 Å². The van der Waals surface area contributed by atoms with Gasteiger partial charge in [0, 0.05) is 50.6 Å². The van der Waals surface area contributed by atoms with Gasteiger partial charge in [0.25, 0.3) is 0 Å². The van der Waals surface area contributed by atoms with Crippen LogP contribution in [0, 0.1) is 26.0 Å². The molecule has 0 N–H and O–H groups in total. The summed E-state index contributed by atoms with van der Waals surface area (Å²) in [4.78, 5) is 6.96. The van der Waals surface area contributed by atoms with Gasteiger partial charge in [0.1, 0.15) is 5.82 Å². The number of para-hydroxylation sites is 3. The molecule has 0 unspecified atom stereocenters. The van der Waals surface area contributed by atoms with Gasteiger partial charge in [-0.3, -0.25) is 0 Å². The third-order valence-corrected chi connectivity index (χ3v) is 9.67. The molecule has 3 aromatic heterocycles. The summed E-state index contributed by atoms with van der Waals surface area (Å²) < 4.78 is 6.80. The second-order valence-electron chi connectivity index (χ2n) is 12.1. The first-order valence-electron chi connectivity index (χ1n) is 15.7. The Hall–Kier alpha value is -4.44.